The quantitative estimate of drug-likeness (QED) is 0.155. The minimum atomic E-state index is 0.494. The molecule has 0 spiro atoms. The zero-order chi connectivity index (χ0) is 37.6. The van der Waals surface area contributed by atoms with Crippen LogP contribution in [0.3, 0.4) is 0 Å². The van der Waals surface area contributed by atoms with Gasteiger partial charge in [0.2, 0.25) is 0 Å². The van der Waals surface area contributed by atoms with Crippen molar-refractivity contribution >= 4 is 34.9 Å². The topological polar surface area (TPSA) is 0 Å². The Balaban J connectivity index is 1.36. The number of hydrogen-bond acceptors (Lipinski definition) is 0. The molecule has 6 aromatic carbocycles. The Kier molecular flexibility index (Phi) is 9.07. The van der Waals surface area contributed by atoms with Crippen molar-refractivity contribution in [2.45, 2.75) is 59.8 Å². The van der Waals surface area contributed by atoms with E-state index in [2.05, 4.69) is 192 Å². The predicted octanol–water partition coefficient (Wildman–Crippen LogP) is 15.0. The maximum Gasteiger partial charge on any atom is -0.000762 e. The SMILES string of the molecule is CCc1ccc(/C=C2\c3ccccc3-c3cc(C4=C(/C(C)=C\c5ccc(C)cc5)CCC=C4)c4c(c32)-c2ccccc2/C4=C\c2ccc(C(C)C)cc2)cc1. The molecule has 3 aliphatic carbocycles. The smallest absolute Gasteiger partial charge is 0.000762 e. The van der Waals surface area contributed by atoms with Crippen LogP contribution in [-0.4, -0.2) is 0 Å². The summed E-state index contributed by atoms with van der Waals surface area (Å²) < 4.78 is 0. The van der Waals surface area contributed by atoms with Crippen molar-refractivity contribution in [3.8, 4) is 22.3 Å². The molecule has 0 atom stereocenters. The van der Waals surface area contributed by atoms with Gasteiger partial charge in [-0.2, -0.15) is 0 Å². The average Bonchev–Trinajstić information content (AvgIpc) is 3.71. The third-order valence-electron chi connectivity index (χ3n) is 11.9. The molecule has 0 aliphatic heterocycles. The molecule has 3 aliphatic rings. The van der Waals surface area contributed by atoms with E-state index in [1.807, 2.05) is 0 Å². The van der Waals surface area contributed by atoms with Crippen LogP contribution in [0.5, 0.6) is 0 Å². The van der Waals surface area contributed by atoms with Crippen molar-refractivity contribution in [3.05, 3.63) is 212 Å². The van der Waals surface area contributed by atoms with E-state index in [-0.39, 0.29) is 0 Å². The summed E-state index contributed by atoms with van der Waals surface area (Å²) in [4.78, 5) is 0. The molecule has 268 valence electrons. The van der Waals surface area contributed by atoms with Gasteiger partial charge in [0.05, 0.1) is 0 Å². The molecule has 0 nitrogen and oxygen atoms in total. The van der Waals surface area contributed by atoms with Gasteiger partial charge in [-0.05, 0) is 163 Å². The highest BCUT2D eigenvalue weighted by Gasteiger charge is 2.36. The lowest BCUT2D eigenvalue weighted by atomic mass is 9.81. The van der Waals surface area contributed by atoms with Crippen molar-refractivity contribution in [1.82, 2.24) is 0 Å². The van der Waals surface area contributed by atoms with Gasteiger partial charge in [0, 0.05) is 0 Å². The van der Waals surface area contributed by atoms with Crippen LogP contribution in [0.2, 0.25) is 0 Å². The molecule has 9 rings (SSSR count). The van der Waals surface area contributed by atoms with Crippen LogP contribution in [0.25, 0.3) is 57.2 Å². The molecule has 0 aromatic heterocycles. The van der Waals surface area contributed by atoms with E-state index in [1.54, 1.807) is 0 Å². The number of fused-ring (bicyclic) bond motifs is 7. The number of benzene rings is 6. The maximum atomic E-state index is 2.54. The van der Waals surface area contributed by atoms with Crippen LogP contribution in [0.4, 0.5) is 0 Å². The second-order valence-electron chi connectivity index (χ2n) is 15.8. The van der Waals surface area contributed by atoms with Crippen molar-refractivity contribution in [1.29, 1.82) is 0 Å². The molecule has 0 bridgehead atoms. The van der Waals surface area contributed by atoms with E-state index >= 15 is 0 Å². The minimum Gasteiger partial charge on any atom is -0.0836 e. The summed E-state index contributed by atoms with van der Waals surface area (Å²) in [5.74, 6) is 0.494. The van der Waals surface area contributed by atoms with Crippen LogP contribution >= 0.6 is 0 Å². The first-order chi connectivity index (χ1) is 26.9. The molecule has 0 unspecified atom stereocenters. The molecule has 0 heteroatoms. The lowest BCUT2D eigenvalue weighted by molar-refractivity contribution is 0.866. The molecule has 0 fully saturated rings. The summed E-state index contributed by atoms with van der Waals surface area (Å²) in [7, 11) is 0. The van der Waals surface area contributed by atoms with Crippen molar-refractivity contribution in [2.75, 3.05) is 0 Å². The number of rotatable bonds is 7. The van der Waals surface area contributed by atoms with Gasteiger partial charge in [-0.3, -0.25) is 0 Å². The minimum absolute atomic E-state index is 0.494. The second kappa shape index (κ2) is 14.3. The van der Waals surface area contributed by atoms with Gasteiger partial charge in [0.25, 0.3) is 0 Å². The van der Waals surface area contributed by atoms with Gasteiger partial charge < -0.3 is 0 Å². The molecule has 6 aromatic rings. The molecule has 0 N–H and O–H groups in total. The van der Waals surface area contributed by atoms with Crippen molar-refractivity contribution in [3.63, 3.8) is 0 Å². The zero-order valence-electron chi connectivity index (χ0n) is 32.7. The van der Waals surface area contributed by atoms with Crippen LogP contribution in [0, 0.1) is 6.92 Å². The maximum absolute atomic E-state index is 2.54. The molecule has 55 heavy (non-hydrogen) atoms. The monoisotopic (exact) mass is 708 g/mol. The lowest BCUT2D eigenvalue weighted by Crippen LogP contribution is -2.02. The molecule has 0 saturated carbocycles. The molecule has 0 saturated heterocycles. The predicted molar refractivity (Wildman–Crippen MR) is 238 cm³/mol. The van der Waals surface area contributed by atoms with Gasteiger partial charge in [-0.1, -0.05) is 166 Å². The highest BCUT2D eigenvalue weighted by molar-refractivity contribution is 6.19. The van der Waals surface area contributed by atoms with Gasteiger partial charge >= 0.3 is 0 Å². The van der Waals surface area contributed by atoms with E-state index < -0.39 is 0 Å². The first kappa shape index (κ1) is 34.8. The van der Waals surface area contributed by atoms with Crippen LogP contribution in [0.1, 0.15) is 108 Å². The Labute approximate surface area is 327 Å². The van der Waals surface area contributed by atoms with E-state index in [0.29, 0.717) is 5.92 Å². The standard InChI is InChI=1S/C55H48/c1-6-38-23-25-40(26-24-38)32-49-45-15-9-10-16-46(45)52-34-51(44-14-8-7-13-43(44)37(5)31-39-21-19-36(4)20-22-39)54-50(33-41-27-29-42(30-28-41)35(2)3)47-17-11-12-18-48(47)55(54)53(49)52/h8-12,14-35H,6-7,13H2,1-5H3/b37-31-,49-32+,50-33+. The summed E-state index contributed by atoms with van der Waals surface area (Å²) in [5.41, 5.74) is 26.3. The summed E-state index contributed by atoms with van der Waals surface area (Å²) >= 11 is 0. The normalized spacial score (nSPS) is 15.9. The first-order valence-corrected chi connectivity index (χ1v) is 20.1. The van der Waals surface area contributed by atoms with E-state index in [4.69, 9.17) is 0 Å². The Hall–Kier alpha value is -5.98. The highest BCUT2D eigenvalue weighted by Crippen LogP contribution is 2.58. The Morgan fingerprint density at radius 2 is 1.16 bits per heavy atom. The van der Waals surface area contributed by atoms with E-state index in [1.165, 1.54) is 111 Å². The highest BCUT2D eigenvalue weighted by atomic mass is 14.4. The Morgan fingerprint density at radius 3 is 1.80 bits per heavy atom. The fourth-order valence-corrected chi connectivity index (χ4v) is 8.88. The number of aryl methyl sites for hydroxylation is 2. The summed E-state index contributed by atoms with van der Waals surface area (Å²) in [6.45, 7) is 11.2. The third kappa shape index (κ3) is 6.30. The zero-order valence-corrected chi connectivity index (χ0v) is 32.7. The molecule has 0 heterocycles. The molecular weight excluding hydrogens is 661 g/mol. The van der Waals surface area contributed by atoms with Gasteiger partial charge in [0.1, 0.15) is 0 Å². The third-order valence-corrected chi connectivity index (χ3v) is 11.9. The van der Waals surface area contributed by atoms with Crippen LogP contribution in [0.15, 0.2) is 151 Å². The fraction of sp³-hybridized carbons (Fsp3) is 0.164. The van der Waals surface area contributed by atoms with Gasteiger partial charge in [-0.15, -0.1) is 0 Å². The fourth-order valence-electron chi connectivity index (χ4n) is 8.88. The Bertz CT molecular complexity index is 2610. The lowest BCUT2D eigenvalue weighted by Gasteiger charge is -2.22. The van der Waals surface area contributed by atoms with Crippen LogP contribution in [-0.2, 0) is 6.42 Å². The first-order valence-electron chi connectivity index (χ1n) is 20.1. The van der Waals surface area contributed by atoms with E-state index in [9.17, 15) is 0 Å². The summed E-state index contributed by atoms with van der Waals surface area (Å²) in [6.07, 6.45) is 15.2. The van der Waals surface area contributed by atoms with Gasteiger partial charge in [0.15, 0.2) is 0 Å². The molecule has 0 radical (unpaired) electrons. The summed E-state index contributed by atoms with van der Waals surface area (Å²) in [6, 6.07) is 47.9. The second-order valence-corrected chi connectivity index (χ2v) is 15.8. The number of hydrogen-bond donors (Lipinski definition) is 0. The van der Waals surface area contributed by atoms with Crippen molar-refractivity contribution in [2.24, 2.45) is 0 Å². The summed E-state index contributed by atoms with van der Waals surface area (Å²) in [5, 5.41) is 0. The van der Waals surface area contributed by atoms with Crippen LogP contribution < -0.4 is 0 Å². The Morgan fingerprint density at radius 1 is 0.600 bits per heavy atom. The molecular formula is C55H48. The van der Waals surface area contributed by atoms with E-state index in [0.717, 1.165) is 19.3 Å². The van der Waals surface area contributed by atoms with Gasteiger partial charge in [-0.25, -0.2) is 0 Å². The average molecular weight is 709 g/mol. The largest absolute Gasteiger partial charge is 0.0836 e. The molecule has 0 amide bonds. The number of allylic oxidation sites excluding steroid dienone is 5. The van der Waals surface area contributed by atoms with Crippen molar-refractivity contribution < 1.29 is 0 Å².